The predicted octanol–water partition coefficient (Wildman–Crippen LogP) is 0.463. The lowest BCUT2D eigenvalue weighted by atomic mass is 10.4. The average Bonchev–Trinajstić information content (AvgIpc) is 1.81. The molecule has 0 heterocycles. The first-order valence-corrected chi connectivity index (χ1v) is 2.89. The summed E-state index contributed by atoms with van der Waals surface area (Å²) >= 11 is 0. The number of nitrogens with zero attached hydrogens (tertiary/aromatic N) is 2. The molecule has 0 aromatic rings. The van der Waals surface area contributed by atoms with Gasteiger partial charge in [-0.2, -0.15) is 0 Å². The molecule has 0 radical (unpaired) electrons. The van der Waals surface area contributed by atoms with Gasteiger partial charge in [-0.3, -0.25) is 4.79 Å². The van der Waals surface area contributed by atoms with E-state index in [9.17, 15) is 9.70 Å². The molecule has 10 heavy (non-hydrogen) atoms. The third kappa shape index (κ3) is 3.01. The fraction of sp³-hybridized carbons (Fsp3) is 0.800. The van der Waals surface area contributed by atoms with Crippen molar-refractivity contribution in [1.29, 1.82) is 0 Å². The van der Waals surface area contributed by atoms with Crippen molar-refractivity contribution in [2.24, 2.45) is 5.29 Å². The van der Waals surface area contributed by atoms with Crippen LogP contribution in [0.25, 0.3) is 0 Å². The lowest BCUT2D eigenvalue weighted by molar-refractivity contribution is -0.138. The van der Waals surface area contributed by atoms with Crippen LogP contribution in [-0.2, 0) is 4.79 Å². The number of hydrogen-bond acceptors (Lipinski definition) is 3. The Morgan fingerprint density at radius 2 is 2.20 bits per heavy atom. The summed E-state index contributed by atoms with van der Waals surface area (Å²) in [7, 11) is 0. The fourth-order valence-electron chi connectivity index (χ4n) is 0.444. The van der Waals surface area contributed by atoms with E-state index in [0.29, 0.717) is 0 Å². The summed E-state index contributed by atoms with van der Waals surface area (Å²) < 4.78 is 0. The van der Waals surface area contributed by atoms with Crippen LogP contribution in [0, 0.1) is 4.91 Å². The molecule has 5 heteroatoms. The van der Waals surface area contributed by atoms with Gasteiger partial charge in [-0.1, -0.05) is 0 Å². The first kappa shape index (κ1) is 8.87. The molecule has 5 nitrogen and oxygen atoms in total. The standard InChI is InChI=1S/C5H10N2O3/c1-4(2)7(6-10)3-5(8)9/h4H,3H2,1-2H3,(H,8,9). The van der Waals surface area contributed by atoms with Crippen molar-refractivity contribution in [3.63, 3.8) is 0 Å². The zero-order valence-electron chi connectivity index (χ0n) is 5.94. The zero-order chi connectivity index (χ0) is 8.15. The van der Waals surface area contributed by atoms with Crippen molar-refractivity contribution in [2.75, 3.05) is 6.54 Å². The molecule has 0 bridgehead atoms. The number of hydrogen-bond donors (Lipinski definition) is 1. The van der Waals surface area contributed by atoms with Crippen LogP contribution < -0.4 is 0 Å². The summed E-state index contributed by atoms with van der Waals surface area (Å²) in [5.74, 6) is -1.05. The van der Waals surface area contributed by atoms with Gasteiger partial charge in [-0.25, -0.2) is 5.01 Å². The Balaban J connectivity index is 3.83. The van der Waals surface area contributed by atoms with Crippen LogP contribution in [0.4, 0.5) is 0 Å². The molecule has 0 rings (SSSR count). The summed E-state index contributed by atoms with van der Waals surface area (Å²) in [4.78, 5) is 19.9. The van der Waals surface area contributed by atoms with E-state index in [0.717, 1.165) is 5.01 Å². The minimum atomic E-state index is -1.05. The van der Waals surface area contributed by atoms with E-state index < -0.39 is 5.97 Å². The summed E-state index contributed by atoms with van der Waals surface area (Å²) in [5, 5.41) is 11.7. The van der Waals surface area contributed by atoms with E-state index in [1.165, 1.54) is 0 Å². The number of carboxylic acids is 1. The van der Waals surface area contributed by atoms with Crippen LogP contribution in [-0.4, -0.2) is 28.7 Å². The van der Waals surface area contributed by atoms with Gasteiger partial charge in [0.2, 0.25) is 0 Å². The minimum Gasteiger partial charge on any atom is -0.480 e. The van der Waals surface area contributed by atoms with Gasteiger partial charge in [0, 0.05) is 6.04 Å². The number of aliphatic carboxylic acids is 1. The molecule has 1 N–H and O–H groups in total. The second-order valence-electron chi connectivity index (χ2n) is 2.17. The Hall–Kier alpha value is -1.13. The van der Waals surface area contributed by atoms with Crippen molar-refractivity contribution in [3.05, 3.63) is 4.91 Å². The van der Waals surface area contributed by atoms with Gasteiger partial charge in [0.15, 0.2) is 0 Å². The Labute approximate surface area is 58.6 Å². The molecule has 0 atom stereocenters. The quantitative estimate of drug-likeness (QED) is 0.462. The van der Waals surface area contributed by atoms with Crippen molar-refractivity contribution >= 4 is 5.97 Å². The summed E-state index contributed by atoms with van der Waals surface area (Å²) in [6, 6.07) is -0.159. The number of carbonyl (C=O) groups is 1. The first-order chi connectivity index (χ1) is 4.57. The molecule has 0 aromatic heterocycles. The van der Waals surface area contributed by atoms with E-state index in [1.54, 1.807) is 13.8 Å². The second kappa shape index (κ2) is 3.81. The van der Waals surface area contributed by atoms with Crippen LogP contribution in [0.3, 0.4) is 0 Å². The molecule has 0 aliphatic heterocycles. The Bertz CT molecular complexity index is 135. The fourth-order valence-corrected chi connectivity index (χ4v) is 0.444. The van der Waals surface area contributed by atoms with Crippen LogP contribution >= 0.6 is 0 Å². The molecule has 0 fully saturated rings. The van der Waals surface area contributed by atoms with Crippen molar-refractivity contribution in [3.8, 4) is 0 Å². The highest BCUT2D eigenvalue weighted by atomic mass is 16.4. The van der Waals surface area contributed by atoms with Gasteiger partial charge in [-0.15, -0.1) is 4.91 Å². The van der Waals surface area contributed by atoms with Crippen molar-refractivity contribution < 1.29 is 9.90 Å². The van der Waals surface area contributed by atoms with E-state index in [-0.39, 0.29) is 12.6 Å². The molecule has 58 valence electrons. The zero-order valence-corrected chi connectivity index (χ0v) is 5.94. The number of rotatable bonds is 4. The largest absolute Gasteiger partial charge is 0.480 e. The molecular weight excluding hydrogens is 136 g/mol. The molecule has 0 aliphatic rings. The lowest BCUT2D eigenvalue weighted by Gasteiger charge is -2.15. The topological polar surface area (TPSA) is 70.0 Å². The minimum absolute atomic E-state index is 0.159. The maximum absolute atomic E-state index is 10.0. The van der Waals surface area contributed by atoms with E-state index in [4.69, 9.17) is 5.11 Å². The van der Waals surface area contributed by atoms with Gasteiger partial charge in [-0.05, 0) is 13.8 Å². The maximum Gasteiger partial charge on any atom is 0.325 e. The van der Waals surface area contributed by atoms with E-state index in [2.05, 4.69) is 5.29 Å². The lowest BCUT2D eigenvalue weighted by Crippen LogP contribution is -2.30. The third-order valence-corrected chi connectivity index (χ3v) is 0.998. The predicted molar refractivity (Wildman–Crippen MR) is 35.3 cm³/mol. The monoisotopic (exact) mass is 146 g/mol. The van der Waals surface area contributed by atoms with Crippen molar-refractivity contribution in [2.45, 2.75) is 19.9 Å². The normalized spacial score (nSPS) is 9.50. The van der Waals surface area contributed by atoms with Crippen LogP contribution in [0.1, 0.15) is 13.8 Å². The van der Waals surface area contributed by atoms with Crippen molar-refractivity contribution in [1.82, 2.24) is 5.01 Å². The smallest absolute Gasteiger partial charge is 0.325 e. The molecule has 0 saturated heterocycles. The van der Waals surface area contributed by atoms with Gasteiger partial charge < -0.3 is 5.11 Å². The Morgan fingerprint density at radius 1 is 1.70 bits per heavy atom. The first-order valence-electron chi connectivity index (χ1n) is 2.89. The summed E-state index contributed by atoms with van der Waals surface area (Å²) in [6.45, 7) is 3.07. The number of carboxylic acid groups (broad SMARTS) is 1. The third-order valence-electron chi connectivity index (χ3n) is 0.998. The highest BCUT2D eigenvalue weighted by molar-refractivity contribution is 5.69. The highest BCUT2D eigenvalue weighted by Gasteiger charge is 2.10. The molecule has 0 unspecified atom stereocenters. The molecular formula is C5H10N2O3. The Kier molecular flexibility index (Phi) is 3.38. The summed E-state index contributed by atoms with van der Waals surface area (Å²) in [5.41, 5.74) is 0. The molecule has 0 aromatic carbocycles. The summed E-state index contributed by atoms with van der Waals surface area (Å²) in [6.07, 6.45) is 0. The van der Waals surface area contributed by atoms with Crippen LogP contribution in [0.15, 0.2) is 5.29 Å². The highest BCUT2D eigenvalue weighted by Crippen LogP contribution is 1.96. The van der Waals surface area contributed by atoms with Gasteiger partial charge in [0.05, 0.1) is 5.29 Å². The molecule has 0 aliphatic carbocycles. The van der Waals surface area contributed by atoms with E-state index >= 15 is 0 Å². The molecule has 0 spiro atoms. The second-order valence-corrected chi connectivity index (χ2v) is 2.17. The van der Waals surface area contributed by atoms with Crippen LogP contribution in [0.5, 0.6) is 0 Å². The van der Waals surface area contributed by atoms with Crippen LogP contribution in [0.2, 0.25) is 0 Å². The number of nitroso groups, excluding NO2 is 1. The molecule has 0 saturated carbocycles. The van der Waals surface area contributed by atoms with Gasteiger partial charge in [0.25, 0.3) is 0 Å². The average molecular weight is 146 g/mol. The van der Waals surface area contributed by atoms with E-state index in [1.807, 2.05) is 0 Å². The van der Waals surface area contributed by atoms with Gasteiger partial charge >= 0.3 is 5.97 Å². The SMILES string of the molecule is CC(C)N(CC(=O)O)N=O. The molecule has 0 amide bonds. The van der Waals surface area contributed by atoms with Gasteiger partial charge in [0.1, 0.15) is 6.54 Å². The Morgan fingerprint density at radius 3 is 2.30 bits per heavy atom. The maximum atomic E-state index is 10.0.